The minimum atomic E-state index is -0.118. The van der Waals surface area contributed by atoms with Crippen LogP contribution < -0.4 is 16.0 Å². The van der Waals surface area contributed by atoms with Crippen molar-refractivity contribution in [3.63, 3.8) is 0 Å². The molecule has 9 nitrogen and oxygen atoms in total. The van der Waals surface area contributed by atoms with E-state index in [0.717, 1.165) is 28.9 Å². The lowest BCUT2D eigenvalue weighted by molar-refractivity contribution is -0.114. The standard InChI is InChI=1S/C21H29N7O2/c1-5-16(12-29)25-20-26-19-18(13(2)3)11-23-28(19)21(27-20)22-10-15-6-8-17(9-7-15)24-14(4)30/h6-9,11,13,16,29H,5,10,12H2,1-4H3,(H,24,30)(H2,22,25,26,27)/t16-/m0/s1. The quantitative estimate of drug-likeness (QED) is 0.428. The van der Waals surface area contributed by atoms with E-state index < -0.39 is 0 Å². The first-order valence-electron chi connectivity index (χ1n) is 10.1. The van der Waals surface area contributed by atoms with Crippen LogP contribution in [0.3, 0.4) is 0 Å². The number of amides is 1. The lowest BCUT2D eigenvalue weighted by atomic mass is 10.1. The van der Waals surface area contributed by atoms with Crippen LogP contribution in [0.1, 0.15) is 51.2 Å². The number of aliphatic hydroxyl groups is 1. The molecule has 3 rings (SSSR count). The minimum absolute atomic E-state index is 0.00471. The monoisotopic (exact) mass is 411 g/mol. The van der Waals surface area contributed by atoms with Crippen molar-refractivity contribution in [2.24, 2.45) is 0 Å². The van der Waals surface area contributed by atoms with Gasteiger partial charge in [-0.25, -0.2) is 0 Å². The van der Waals surface area contributed by atoms with E-state index in [2.05, 4.69) is 44.9 Å². The summed E-state index contributed by atoms with van der Waals surface area (Å²) in [5, 5.41) is 23.3. The molecule has 0 unspecified atom stereocenters. The van der Waals surface area contributed by atoms with E-state index in [9.17, 15) is 9.90 Å². The topological polar surface area (TPSA) is 116 Å². The van der Waals surface area contributed by atoms with Gasteiger partial charge in [0, 0.05) is 24.7 Å². The molecule has 160 valence electrons. The van der Waals surface area contributed by atoms with E-state index >= 15 is 0 Å². The van der Waals surface area contributed by atoms with E-state index in [1.807, 2.05) is 37.4 Å². The van der Waals surface area contributed by atoms with Crippen molar-refractivity contribution in [2.45, 2.75) is 52.6 Å². The average Bonchev–Trinajstić information content (AvgIpc) is 3.15. The van der Waals surface area contributed by atoms with Gasteiger partial charge < -0.3 is 21.1 Å². The first-order valence-corrected chi connectivity index (χ1v) is 10.1. The Morgan fingerprint density at radius 3 is 2.53 bits per heavy atom. The molecule has 0 saturated heterocycles. The first-order chi connectivity index (χ1) is 14.4. The number of hydrogen-bond acceptors (Lipinski definition) is 7. The van der Waals surface area contributed by atoms with E-state index in [1.165, 1.54) is 6.92 Å². The van der Waals surface area contributed by atoms with Gasteiger partial charge >= 0.3 is 0 Å². The van der Waals surface area contributed by atoms with E-state index in [-0.39, 0.29) is 24.5 Å². The zero-order chi connectivity index (χ0) is 21.7. The molecule has 0 saturated carbocycles. The summed E-state index contributed by atoms with van der Waals surface area (Å²) < 4.78 is 1.70. The summed E-state index contributed by atoms with van der Waals surface area (Å²) in [4.78, 5) is 20.4. The lowest BCUT2D eigenvalue weighted by Crippen LogP contribution is -2.24. The summed E-state index contributed by atoms with van der Waals surface area (Å²) in [6, 6.07) is 7.49. The third-order valence-corrected chi connectivity index (χ3v) is 4.79. The highest BCUT2D eigenvalue weighted by Crippen LogP contribution is 2.23. The van der Waals surface area contributed by atoms with Gasteiger partial charge in [-0.15, -0.1) is 0 Å². The number of anilines is 3. The van der Waals surface area contributed by atoms with Crippen LogP contribution in [-0.4, -0.2) is 43.2 Å². The largest absolute Gasteiger partial charge is 0.394 e. The molecular formula is C21H29N7O2. The van der Waals surface area contributed by atoms with Crippen molar-refractivity contribution >= 4 is 29.1 Å². The lowest BCUT2D eigenvalue weighted by Gasteiger charge is -2.16. The number of fused-ring (bicyclic) bond motifs is 1. The molecule has 0 aliphatic rings. The highest BCUT2D eigenvalue weighted by molar-refractivity contribution is 5.88. The number of benzene rings is 1. The van der Waals surface area contributed by atoms with Crippen LogP contribution in [0.4, 0.5) is 17.6 Å². The molecule has 1 aromatic carbocycles. The van der Waals surface area contributed by atoms with Crippen LogP contribution in [0.25, 0.3) is 5.65 Å². The third kappa shape index (κ3) is 5.04. The van der Waals surface area contributed by atoms with Gasteiger partial charge in [0.25, 0.3) is 0 Å². The molecule has 4 N–H and O–H groups in total. The Labute approximate surface area is 175 Å². The predicted octanol–water partition coefficient (Wildman–Crippen LogP) is 3.00. The van der Waals surface area contributed by atoms with Crippen molar-refractivity contribution in [1.29, 1.82) is 0 Å². The predicted molar refractivity (Wildman–Crippen MR) is 118 cm³/mol. The molecule has 2 heterocycles. The van der Waals surface area contributed by atoms with Crippen molar-refractivity contribution in [2.75, 3.05) is 22.6 Å². The molecule has 0 radical (unpaired) electrons. The van der Waals surface area contributed by atoms with Gasteiger partial charge in [0.2, 0.25) is 17.8 Å². The second-order valence-corrected chi connectivity index (χ2v) is 7.52. The molecule has 0 aliphatic heterocycles. The number of aromatic nitrogens is 4. The third-order valence-electron chi connectivity index (χ3n) is 4.79. The summed E-state index contributed by atoms with van der Waals surface area (Å²) in [5.41, 5.74) is 3.55. The first kappa shape index (κ1) is 21.5. The normalized spacial score (nSPS) is 12.2. The van der Waals surface area contributed by atoms with Crippen LogP contribution in [0.2, 0.25) is 0 Å². The Kier molecular flexibility index (Phi) is 6.83. The molecule has 1 atom stereocenters. The van der Waals surface area contributed by atoms with Crippen LogP contribution in [-0.2, 0) is 11.3 Å². The molecule has 0 spiro atoms. The van der Waals surface area contributed by atoms with Crippen molar-refractivity contribution in [1.82, 2.24) is 19.6 Å². The fourth-order valence-electron chi connectivity index (χ4n) is 3.03. The van der Waals surface area contributed by atoms with Crippen LogP contribution >= 0.6 is 0 Å². The van der Waals surface area contributed by atoms with Gasteiger partial charge in [-0.05, 0) is 30.0 Å². The van der Waals surface area contributed by atoms with Crippen molar-refractivity contribution < 1.29 is 9.90 Å². The van der Waals surface area contributed by atoms with E-state index in [0.29, 0.717) is 18.4 Å². The smallest absolute Gasteiger partial charge is 0.229 e. The Balaban J connectivity index is 1.86. The maximum atomic E-state index is 11.2. The van der Waals surface area contributed by atoms with E-state index in [1.54, 1.807) is 4.52 Å². The minimum Gasteiger partial charge on any atom is -0.394 e. The maximum absolute atomic E-state index is 11.2. The summed E-state index contributed by atoms with van der Waals surface area (Å²) in [6.07, 6.45) is 2.57. The Morgan fingerprint density at radius 2 is 1.93 bits per heavy atom. The molecule has 0 bridgehead atoms. The summed E-state index contributed by atoms with van der Waals surface area (Å²) in [6.45, 7) is 8.20. The Hall–Kier alpha value is -3.20. The van der Waals surface area contributed by atoms with Gasteiger partial charge in [0.05, 0.1) is 18.8 Å². The van der Waals surface area contributed by atoms with Crippen LogP contribution in [0.5, 0.6) is 0 Å². The SMILES string of the molecule is CC[C@@H](CO)Nc1nc(NCc2ccc(NC(C)=O)cc2)n2ncc(C(C)C)c2n1. The fraction of sp³-hybridized carbons (Fsp3) is 0.429. The van der Waals surface area contributed by atoms with Crippen molar-refractivity contribution in [3.8, 4) is 0 Å². The second kappa shape index (κ2) is 9.53. The average molecular weight is 412 g/mol. The highest BCUT2D eigenvalue weighted by atomic mass is 16.3. The molecule has 9 heteroatoms. The molecule has 1 amide bonds. The number of nitrogens with one attached hydrogen (secondary N) is 3. The van der Waals surface area contributed by atoms with Crippen molar-refractivity contribution in [3.05, 3.63) is 41.6 Å². The van der Waals surface area contributed by atoms with Crippen LogP contribution in [0.15, 0.2) is 30.5 Å². The molecular weight excluding hydrogens is 382 g/mol. The molecule has 0 fully saturated rings. The highest BCUT2D eigenvalue weighted by Gasteiger charge is 2.16. The van der Waals surface area contributed by atoms with Gasteiger partial charge in [-0.1, -0.05) is 32.9 Å². The van der Waals surface area contributed by atoms with Gasteiger partial charge in [0.15, 0.2) is 5.65 Å². The number of carbonyl (C=O) groups is 1. The molecule has 0 aliphatic carbocycles. The van der Waals surface area contributed by atoms with Crippen LogP contribution in [0, 0.1) is 0 Å². The fourth-order valence-corrected chi connectivity index (χ4v) is 3.03. The van der Waals surface area contributed by atoms with Gasteiger partial charge in [-0.3, -0.25) is 4.79 Å². The number of hydrogen-bond donors (Lipinski definition) is 4. The van der Waals surface area contributed by atoms with E-state index in [4.69, 9.17) is 0 Å². The number of aliphatic hydroxyl groups excluding tert-OH is 1. The molecule has 3 aromatic rings. The summed E-state index contributed by atoms with van der Waals surface area (Å²) in [5.74, 6) is 1.18. The maximum Gasteiger partial charge on any atom is 0.229 e. The summed E-state index contributed by atoms with van der Waals surface area (Å²) >= 11 is 0. The van der Waals surface area contributed by atoms with Gasteiger partial charge in [-0.2, -0.15) is 19.6 Å². The second-order valence-electron chi connectivity index (χ2n) is 7.52. The zero-order valence-electron chi connectivity index (χ0n) is 17.8. The molecule has 2 aromatic heterocycles. The molecule has 30 heavy (non-hydrogen) atoms. The Bertz CT molecular complexity index is 995. The number of carbonyl (C=O) groups excluding carboxylic acids is 1. The number of nitrogens with zero attached hydrogens (tertiary/aromatic N) is 4. The summed E-state index contributed by atoms with van der Waals surface area (Å²) in [7, 11) is 0. The zero-order valence-corrected chi connectivity index (χ0v) is 17.8. The Morgan fingerprint density at radius 1 is 1.20 bits per heavy atom. The van der Waals surface area contributed by atoms with Gasteiger partial charge in [0.1, 0.15) is 0 Å². The number of rotatable bonds is 9.